The van der Waals surface area contributed by atoms with Gasteiger partial charge in [-0.05, 0) is 31.1 Å². The summed E-state index contributed by atoms with van der Waals surface area (Å²) in [5, 5.41) is 3.44. The van der Waals surface area contributed by atoms with Gasteiger partial charge in [0.2, 0.25) is 11.8 Å². The van der Waals surface area contributed by atoms with Crippen molar-refractivity contribution in [1.82, 2.24) is 4.90 Å². The molecule has 2 amide bonds. The molecule has 22 heavy (non-hydrogen) atoms. The molecule has 0 aromatic carbocycles. The number of likely N-dealkylation sites (tertiary alicyclic amines) is 1. The van der Waals surface area contributed by atoms with E-state index in [1.54, 1.807) is 17.0 Å². The number of nitrogens with one attached hydrogen (secondary N) is 1. The highest BCUT2D eigenvalue weighted by Crippen LogP contribution is 2.25. The highest BCUT2D eigenvalue weighted by molar-refractivity contribution is 7.18. The minimum atomic E-state index is -0.415. The molecule has 0 unspecified atom stereocenters. The first kappa shape index (κ1) is 16.2. The first-order chi connectivity index (χ1) is 10.5. The van der Waals surface area contributed by atoms with E-state index in [9.17, 15) is 14.4 Å². The standard InChI is InChI=1S/C15H18N2O4S/c1-3-13(18)17-8-6-10(7-9-17)14(19)16-12-5-4-11(22-12)15(20)21-2/h3-5,10H,1,6-9H2,2H3,(H,16,19). The molecule has 2 rings (SSSR count). The summed E-state index contributed by atoms with van der Waals surface area (Å²) in [6.07, 6.45) is 2.54. The molecule has 1 aromatic rings. The van der Waals surface area contributed by atoms with E-state index in [1.807, 2.05) is 0 Å². The Hall–Kier alpha value is -2.15. The summed E-state index contributed by atoms with van der Waals surface area (Å²) in [7, 11) is 1.32. The zero-order valence-electron chi connectivity index (χ0n) is 12.3. The number of carbonyl (C=O) groups excluding carboxylic acids is 3. The number of ether oxygens (including phenoxy) is 1. The van der Waals surface area contributed by atoms with Crippen LogP contribution >= 0.6 is 11.3 Å². The van der Waals surface area contributed by atoms with Crippen LogP contribution in [-0.4, -0.2) is 42.9 Å². The summed E-state index contributed by atoms with van der Waals surface area (Å²) in [5.41, 5.74) is 0. The van der Waals surface area contributed by atoms with Crippen LogP contribution in [0, 0.1) is 5.92 Å². The van der Waals surface area contributed by atoms with Gasteiger partial charge in [0.25, 0.3) is 0 Å². The molecule has 1 aliphatic rings. The molecular weight excluding hydrogens is 304 g/mol. The number of hydrogen-bond acceptors (Lipinski definition) is 5. The molecule has 0 radical (unpaired) electrons. The van der Waals surface area contributed by atoms with E-state index in [1.165, 1.54) is 24.5 Å². The van der Waals surface area contributed by atoms with E-state index >= 15 is 0 Å². The molecule has 2 heterocycles. The van der Waals surface area contributed by atoms with Crippen LogP contribution in [0.1, 0.15) is 22.5 Å². The van der Waals surface area contributed by atoms with Crippen molar-refractivity contribution in [3.05, 3.63) is 29.7 Å². The first-order valence-corrected chi connectivity index (χ1v) is 7.77. The van der Waals surface area contributed by atoms with Gasteiger partial charge in [-0.15, -0.1) is 11.3 Å². The van der Waals surface area contributed by atoms with Crippen molar-refractivity contribution < 1.29 is 19.1 Å². The van der Waals surface area contributed by atoms with Crippen molar-refractivity contribution in [1.29, 1.82) is 0 Å². The monoisotopic (exact) mass is 322 g/mol. The predicted octanol–water partition coefficient (Wildman–Crippen LogP) is 1.90. The Bertz CT molecular complexity index is 588. The van der Waals surface area contributed by atoms with Crippen LogP contribution in [0.3, 0.4) is 0 Å². The van der Waals surface area contributed by atoms with Crippen molar-refractivity contribution in [2.75, 3.05) is 25.5 Å². The second kappa shape index (κ2) is 7.22. The van der Waals surface area contributed by atoms with E-state index < -0.39 is 5.97 Å². The molecule has 0 saturated carbocycles. The molecule has 1 N–H and O–H groups in total. The Morgan fingerprint density at radius 2 is 2.05 bits per heavy atom. The molecule has 7 heteroatoms. The summed E-state index contributed by atoms with van der Waals surface area (Å²) in [4.78, 5) is 37.2. The molecule has 1 fully saturated rings. The average molecular weight is 322 g/mol. The van der Waals surface area contributed by atoms with Gasteiger partial charge in [0.15, 0.2) is 0 Å². The number of esters is 1. The molecule has 0 bridgehead atoms. The summed E-state index contributed by atoms with van der Waals surface area (Å²) in [6, 6.07) is 3.31. The Morgan fingerprint density at radius 3 is 2.64 bits per heavy atom. The lowest BCUT2D eigenvalue weighted by molar-refractivity contribution is -0.130. The lowest BCUT2D eigenvalue weighted by Crippen LogP contribution is -2.40. The fourth-order valence-corrected chi connectivity index (χ4v) is 3.16. The van der Waals surface area contributed by atoms with Gasteiger partial charge in [-0.1, -0.05) is 6.58 Å². The summed E-state index contributed by atoms with van der Waals surface area (Å²) >= 11 is 1.18. The molecule has 1 aliphatic heterocycles. The fourth-order valence-electron chi connectivity index (χ4n) is 2.33. The maximum atomic E-state index is 12.2. The summed E-state index contributed by atoms with van der Waals surface area (Å²) in [5.74, 6) is -0.719. The Kier molecular flexibility index (Phi) is 5.32. The summed E-state index contributed by atoms with van der Waals surface area (Å²) in [6.45, 7) is 4.58. The Labute approximate surface area is 132 Å². The third-order valence-corrected chi connectivity index (χ3v) is 4.57. The van der Waals surface area contributed by atoms with Crippen LogP contribution in [0.4, 0.5) is 5.00 Å². The van der Waals surface area contributed by atoms with E-state index in [4.69, 9.17) is 0 Å². The molecular formula is C15H18N2O4S. The lowest BCUT2D eigenvalue weighted by atomic mass is 9.96. The lowest BCUT2D eigenvalue weighted by Gasteiger charge is -2.30. The van der Waals surface area contributed by atoms with Gasteiger partial charge in [0.1, 0.15) is 4.88 Å². The third kappa shape index (κ3) is 3.73. The smallest absolute Gasteiger partial charge is 0.348 e. The summed E-state index contributed by atoms with van der Waals surface area (Å²) < 4.78 is 4.63. The van der Waals surface area contributed by atoms with Crippen molar-refractivity contribution >= 4 is 34.1 Å². The van der Waals surface area contributed by atoms with Crippen molar-refractivity contribution in [2.24, 2.45) is 5.92 Å². The average Bonchev–Trinajstić information content (AvgIpc) is 3.01. The second-order valence-electron chi connectivity index (χ2n) is 4.95. The number of thiophene rings is 1. The molecule has 0 spiro atoms. The largest absolute Gasteiger partial charge is 0.465 e. The van der Waals surface area contributed by atoms with Gasteiger partial charge in [-0.25, -0.2) is 4.79 Å². The SMILES string of the molecule is C=CC(=O)N1CCC(C(=O)Nc2ccc(C(=O)OC)s2)CC1. The number of nitrogens with zero attached hydrogens (tertiary/aromatic N) is 1. The van der Waals surface area contributed by atoms with Gasteiger partial charge in [-0.3, -0.25) is 9.59 Å². The van der Waals surface area contributed by atoms with Crippen molar-refractivity contribution in [3.8, 4) is 0 Å². The molecule has 6 nitrogen and oxygen atoms in total. The highest BCUT2D eigenvalue weighted by Gasteiger charge is 2.26. The van der Waals surface area contributed by atoms with Crippen LogP contribution in [0.2, 0.25) is 0 Å². The van der Waals surface area contributed by atoms with E-state index in [0.29, 0.717) is 35.8 Å². The quantitative estimate of drug-likeness (QED) is 0.678. The number of hydrogen-bond donors (Lipinski definition) is 1. The number of rotatable bonds is 4. The topological polar surface area (TPSA) is 75.7 Å². The maximum Gasteiger partial charge on any atom is 0.348 e. The molecule has 1 aromatic heterocycles. The minimum Gasteiger partial charge on any atom is -0.465 e. The molecule has 118 valence electrons. The molecule has 0 atom stereocenters. The van der Waals surface area contributed by atoms with E-state index in [2.05, 4.69) is 16.6 Å². The third-order valence-electron chi connectivity index (χ3n) is 3.59. The van der Waals surface area contributed by atoms with Gasteiger partial charge < -0.3 is 15.0 Å². The number of piperidine rings is 1. The fraction of sp³-hybridized carbons (Fsp3) is 0.400. The van der Waals surface area contributed by atoms with Gasteiger partial charge in [-0.2, -0.15) is 0 Å². The van der Waals surface area contributed by atoms with Crippen molar-refractivity contribution in [3.63, 3.8) is 0 Å². The second-order valence-corrected chi connectivity index (χ2v) is 6.03. The Morgan fingerprint density at radius 1 is 1.36 bits per heavy atom. The number of anilines is 1. The number of methoxy groups -OCH3 is 1. The van der Waals surface area contributed by atoms with Gasteiger partial charge >= 0.3 is 5.97 Å². The van der Waals surface area contributed by atoms with Gasteiger partial charge in [0.05, 0.1) is 12.1 Å². The van der Waals surface area contributed by atoms with E-state index in [-0.39, 0.29) is 17.7 Å². The Balaban J connectivity index is 1.88. The number of amides is 2. The van der Waals surface area contributed by atoms with Gasteiger partial charge in [0, 0.05) is 19.0 Å². The normalized spacial score (nSPS) is 15.2. The zero-order chi connectivity index (χ0) is 16.1. The maximum absolute atomic E-state index is 12.2. The molecule has 1 saturated heterocycles. The molecule has 0 aliphatic carbocycles. The van der Waals surface area contributed by atoms with E-state index in [0.717, 1.165) is 0 Å². The predicted molar refractivity (Wildman–Crippen MR) is 83.8 cm³/mol. The first-order valence-electron chi connectivity index (χ1n) is 6.95. The van der Waals surface area contributed by atoms with Crippen LogP contribution in [0.15, 0.2) is 24.8 Å². The number of carbonyl (C=O) groups is 3. The highest BCUT2D eigenvalue weighted by atomic mass is 32.1. The van der Waals surface area contributed by atoms with Crippen LogP contribution in [0.25, 0.3) is 0 Å². The zero-order valence-corrected chi connectivity index (χ0v) is 13.1. The minimum absolute atomic E-state index is 0.0797. The van der Waals surface area contributed by atoms with Crippen molar-refractivity contribution in [2.45, 2.75) is 12.8 Å². The van der Waals surface area contributed by atoms with Crippen LogP contribution < -0.4 is 5.32 Å². The van der Waals surface area contributed by atoms with Crippen LogP contribution in [-0.2, 0) is 14.3 Å². The van der Waals surface area contributed by atoms with Crippen LogP contribution in [0.5, 0.6) is 0 Å².